The summed E-state index contributed by atoms with van der Waals surface area (Å²) >= 11 is 7.16. The van der Waals surface area contributed by atoms with E-state index >= 15 is 0 Å². The van der Waals surface area contributed by atoms with Crippen LogP contribution in [0.1, 0.15) is 21.3 Å². The Morgan fingerprint density at radius 1 is 1.23 bits per heavy atom. The van der Waals surface area contributed by atoms with E-state index in [0.717, 1.165) is 11.3 Å². The number of benzene rings is 1. The Labute approximate surface area is 188 Å². The van der Waals surface area contributed by atoms with Crippen LogP contribution in [0.25, 0.3) is 10.9 Å². The molecule has 12 heteroatoms. The minimum absolute atomic E-state index is 0. The van der Waals surface area contributed by atoms with E-state index in [1.165, 1.54) is 28.9 Å². The number of alkyl halides is 3. The van der Waals surface area contributed by atoms with Gasteiger partial charge >= 0.3 is 12.2 Å². The van der Waals surface area contributed by atoms with Crippen LogP contribution in [0.15, 0.2) is 47.8 Å². The fraction of sp³-hybridized carbons (Fsp3) is 0.211. The number of nitrogens with zero attached hydrogens (tertiary/aromatic N) is 1. The number of fused-ring (bicyclic) bond motifs is 1. The molecule has 1 aliphatic rings. The number of pyridine rings is 1. The summed E-state index contributed by atoms with van der Waals surface area (Å²) in [7, 11) is 0. The molecule has 0 saturated carbocycles. The molecule has 0 aliphatic carbocycles. The molecule has 3 N–H and O–H groups in total. The van der Waals surface area contributed by atoms with E-state index in [2.05, 4.69) is 10.3 Å². The van der Waals surface area contributed by atoms with E-state index in [1.54, 1.807) is 24.3 Å². The van der Waals surface area contributed by atoms with Gasteiger partial charge in [-0.25, -0.2) is 9.78 Å². The lowest BCUT2D eigenvalue weighted by atomic mass is 9.79. The van der Waals surface area contributed by atoms with Gasteiger partial charge in [0, 0.05) is 10.9 Å². The first kappa shape index (κ1) is 23.3. The number of aliphatic hydroxyl groups is 1. The van der Waals surface area contributed by atoms with Crippen LogP contribution in [-0.2, 0) is 0 Å². The van der Waals surface area contributed by atoms with Gasteiger partial charge < -0.3 is 15.7 Å². The van der Waals surface area contributed by atoms with Crippen LogP contribution < -0.4 is 10.6 Å². The maximum absolute atomic E-state index is 13.9. The number of aromatic nitrogens is 1. The fourth-order valence-corrected chi connectivity index (χ4v) is 4.46. The number of hydrogen-bond donors (Lipinski definition) is 3. The molecule has 0 spiro atoms. The summed E-state index contributed by atoms with van der Waals surface area (Å²) in [6.07, 6.45) is -5.34. The lowest BCUT2D eigenvalue weighted by molar-refractivity contribution is -0.287. The number of rotatable bonds is 3. The molecule has 3 atom stereocenters. The van der Waals surface area contributed by atoms with Crippen molar-refractivity contribution in [1.82, 2.24) is 15.6 Å². The average molecular weight is 492 g/mol. The number of hydrogen-bond acceptors (Lipinski definition) is 5. The van der Waals surface area contributed by atoms with Gasteiger partial charge in [-0.2, -0.15) is 13.2 Å². The number of para-hydroxylation sites is 1. The van der Waals surface area contributed by atoms with Crippen molar-refractivity contribution in [3.05, 3.63) is 63.4 Å². The summed E-state index contributed by atoms with van der Waals surface area (Å²) < 4.78 is 41.7. The van der Waals surface area contributed by atoms with E-state index in [1.807, 2.05) is 0 Å². The lowest BCUT2D eigenvalue weighted by Crippen LogP contribution is -2.72. The number of nitrogens with one attached hydrogen (secondary N) is 2. The molecule has 3 aromatic rings. The standard InChI is InChI=1S/C19H13ClF3N3O3S.ClH/c20-16-10(8-9-4-1-2-5-11(9)24-16)14-13(15(27)12-6-3-7-30-12)18(29,19(21,22)23)26-17(28)25-14;/h1-8,13-14,29H,(H2,25,26,28);1H. The Balaban J connectivity index is 0.00000272. The number of urea groups is 1. The van der Waals surface area contributed by atoms with E-state index in [-0.39, 0.29) is 28.0 Å². The Morgan fingerprint density at radius 3 is 2.58 bits per heavy atom. The quantitative estimate of drug-likeness (QED) is 0.372. The predicted molar refractivity (Wildman–Crippen MR) is 112 cm³/mol. The summed E-state index contributed by atoms with van der Waals surface area (Å²) in [4.78, 5) is 29.3. The minimum atomic E-state index is -5.34. The zero-order chi connectivity index (χ0) is 21.7. The molecule has 2 aromatic heterocycles. The molecule has 3 heterocycles. The van der Waals surface area contributed by atoms with Crippen LogP contribution >= 0.6 is 35.3 Å². The molecule has 1 saturated heterocycles. The summed E-state index contributed by atoms with van der Waals surface area (Å²) in [5, 5.41) is 16.2. The second kappa shape index (κ2) is 8.27. The Hall–Kier alpha value is -2.40. The van der Waals surface area contributed by atoms with Gasteiger partial charge in [0.1, 0.15) is 11.1 Å². The third-order valence-corrected chi connectivity index (χ3v) is 6.08. The van der Waals surface area contributed by atoms with E-state index in [0.29, 0.717) is 10.9 Å². The first-order valence-corrected chi connectivity index (χ1v) is 9.88. The fourth-order valence-electron chi connectivity index (χ4n) is 3.50. The van der Waals surface area contributed by atoms with Crippen molar-refractivity contribution in [3.8, 4) is 0 Å². The molecule has 1 fully saturated rings. The van der Waals surface area contributed by atoms with Crippen molar-refractivity contribution >= 4 is 58.1 Å². The van der Waals surface area contributed by atoms with Crippen molar-refractivity contribution in [3.63, 3.8) is 0 Å². The molecular weight excluding hydrogens is 478 g/mol. The molecule has 2 amide bonds. The van der Waals surface area contributed by atoms with Gasteiger partial charge in [-0.3, -0.25) is 4.79 Å². The Bertz CT molecular complexity index is 1140. The van der Waals surface area contributed by atoms with Crippen molar-refractivity contribution in [2.24, 2.45) is 5.92 Å². The van der Waals surface area contributed by atoms with Gasteiger partial charge in [0.05, 0.1) is 16.4 Å². The summed E-state index contributed by atoms with van der Waals surface area (Å²) in [5.41, 5.74) is -3.34. The van der Waals surface area contributed by atoms with Crippen LogP contribution in [0.2, 0.25) is 5.15 Å². The van der Waals surface area contributed by atoms with Gasteiger partial charge in [-0.05, 0) is 23.6 Å². The zero-order valence-corrected chi connectivity index (χ0v) is 17.7. The highest BCUT2D eigenvalue weighted by molar-refractivity contribution is 7.12. The number of thiophene rings is 1. The third-order valence-electron chi connectivity index (χ3n) is 4.89. The van der Waals surface area contributed by atoms with Gasteiger partial charge in [-0.1, -0.05) is 35.9 Å². The molecule has 1 aliphatic heterocycles. The Morgan fingerprint density at radius 2 is 1.94 bits per heavy atom. The van der Waals surface area contributed by atoms with Crippen LogP contribution in [0.4, 0.5) is 18.0 Å². The molecule has 4 rings (SSSR count). The monoisotopic (exact) mass is 491 g/mol. The smallest absolute Gasteiger partial charge is 0.363 e. The van der Waals surface area contributed by atoms with Crippen LogP contribution in [0, 0.1) is 5.92 Å². The normalized spacial score (nSPS) is 23.6. The Kier molecular flexibility index (Phi) is 6.21. The largest absolute Gasteiger partial charge is 0.437 e. The van der Waals surface area contributed by atoms with Gasteiger partial charge in [0.25, 0.3) is 0 Å². The van der Waals surface area contributed by atoms with Crippen molar-refractivity contribution in [2.45, 2.75) is 17.9 Å². The van der Waals surface area contributed by atoms with Gasteiger partial charge in [-0.15, -0.1) is 23.7 Å². The number of Topliss-reactive ketones (excluding diaryl/α,β-unsaturated/α-hetero) is 1. The second-order valence-electron chi connectivity index (χ2n) is 6.72. The molecule has 164 valence electrons. The molecule has 1 aromatic carbocycles. The molecule has 31 heavy (non-hydrogen) atoms. The number of carbonyl (C=O) groups is 2. The highest BCUT2D eigenvalue weighted by Gasteiger charge is 2.66. The van der Waals surface area contributed by atoms with Crippen molar-refractivity contribution in [1.29, 1.82) is 0 Å². The van der Waals surface area contributed by atoms with Gasteiger partial charge in [0.2, 0.25) is 5.72 Å². The molecule has 6 nitrogen and oxygen atoms in total. The topological polar surface area (TPSA) is 91.3 Å². The number of ketones is 1. The zero-order valence-electron chi connectivity index (χ0n) is 15.3. The first-order chi connectivity index (χ1) is 14.1. The SMILES string of the molecule is Cl.O=C1NC(c2cc3ccccc3nc2Cl)C(C(=O)c2cccs2)C(O)(C(F)(F)F)N1. The molecule has 0 radical (unpaired) electrons. The summed E-state index contributed by atoms with van der Waals surface area (Å²) in [6, 6.07) is 8.15. The minimum Gasteiger partial charge on any atom is -0.363 e. The van der Waals surface area contributed by atoms with Crippen LogP contribution in [0.3, 0.4) is 0 Å². The molecule has 0 bridgehead atoms. The lowest BCUT2D eigenvalue weighted by Gasteiger charge is -2.44. The first-order valence-electron chi connectivity index (χ1n) is 8.62. The highest BCUT2D eigenvalue weighted by atomic mass is 35.5. The second-order valence-corrected chi connectivity index (χ2v) is 8.03. The van der Waals surface area contributed by atoms with E-state index < -0.39 is 35.7 Å². The van der Waals surface area contributed by atoms with Crippen molar-refractivity contribution in [2.75, 3.05) is 0 Å². The number of halogens is 5. The maximum Gasteiger partial charge on any atom is 0.437 e. The average Bonchev–Trinajstić information content (AvgIpc) is 3.20. The van der Waals surface area contributed by atoms with Crippen LogP contribution in [0.5, 0.6) is 0 Å². The van der Waals surface area contributed by atoms with Gasteiger partial charge in [0.15, 0.2) is 5.78 Å². The molecular formula is C19H14Cl2F3N3O3S. The van der Waals surface area contributed by atoms with E-state index in [9.17, 15) is 27.9 Å². The number of amides is 2. The highest BCUT2D eigenvalue weighted by Crippen LogP contribution is 2.45. The summed E-state index contributed by atoms with van der Waals surface area (Å²) in [5.74, 6) is -3.14. The number of carbonyl (C=O) groups excluding carboxylic acids is 2. The van der Waals surface area contributed by atoms with Crippen molar-refractivity contribution < 1.29 is 27.9 Å². The molecule has 3 unspecified atom stereocenters. The van der Waals surface area contributed by atoms with Crippen LogP contribution in [-0.4, -0.2) is 33.8 Å². The third kappa shape index (κ3) is 3.96. The maximum atomic E-state index is 13.9. The summed E-state index contributed by atoms with van der Waals surface area (Å²) in [6.45, 7) is 0. The van der Waals surface area contributed by atoms with E-state index in [4.69, 9.17) is 11.6 Å². The predicted octanol–water partition coefficient (Wildman–Crippen LogP) is 4.48.